The monoisotopic (exact) mass is 337 g/mol. The number of hydrogen-bond donors (Lipinski definition) is 7. The number of aldehydes is 2. The lowest BCUT2D eigenvalue weighted by Crippen LogP contribution is -2.56. The lowest BCUT2D eigenvalue weighted by Gasteiger charge is -2.24. The van der Waals surface area contributed by atoms with Gasteiger partial charge in [-0.1, -0.05) is 0 Å². The predicted molar refractivity (Wildman–Crippen MR) is 81.1 cm³/mol. The standard InChI is InChI=1S/C8H17N3O4.C5H10O3/c1-4(9)8(15)11-6(3-13)7(14)5(10)2-12;6-3-1-5(8)2-4-7/h2,4-7,13-14H,3,9-10H2,1H3,(H,11,15);3,5,7-8H,1-2,4H2/t4-,5+,6+,7-;5-/m11/s1. The number of nitrogens with one attached hydrogen (secondary N) is 1. The Morgan fingerprint density at radius 2 is 1.78 bits per heavy atom. The predicted octanol–water partition coefficient (Wildman–Crippen LogP) is -3.98. The summed E-state index contributed by atoms with van der Waals surface area (Å²) < 4.78 is 0. The smallest absolute Gasteiger partial charge is 0.237 e. The quantitative estimate of drug-likeness (QED) is 0.194. The van der Waals surface area contributed by atoms with Gasteiger partial charge in [-0.2, -0.15) is 0 Å². The zero-order valence-electron chi connectivity index (χ0n) is 13.0. The van der Waals surface area contributed by atoms with Crippen molar-refractivity contribution in [3.05, 3.63) is 0 Å². The summed E-state index contributed by atoms with van der Waals surface area (Å²) in [6, 6.07) is -2.92. The van der Waals surface area contributed by atoms with Gasteiger partial charge in [0.05, 0.1) is 36.9 Å². The van der Waals surface area contributed by atoms with Crippen molar-refractivity contribution >= 4 is 18.5 Å². The SMILES string of the molecule is C[C@@H](N)C(=O)N[C@@H](CO)[C@H](O)[C@@H](N)C=O.O=CC[C@@H](O)CCO. The van der Waals surface area contributed by atoms with Crippen molar-refractivity contribution in [3.63, 3.8) is 0 Å². The fourth-order valence-electron chi connectivity index (χ4n) is 1.28. The number of aliphatic hydroxyl groups is 4. The third kappa shape index (κ3) is 11.8. The van der Waals surface area contributed by atoms with Gasteiger partial charge in [0, 0.05) is 13.0 Å². The molecule has 0 aliphatic rings. The van der Waals surface area contributed by atoms with E-state index in [1.807, 2.05) is 0 Å². The molecule has 0 unspecified atom stereocenters. The number of nitrogens with two attached hydrogens (primary N) is 2. The molecule has 0 rings (SSSR count). The highest BCUT2D eigenvalue weighted by Crippen LogP contribution is 1.97. The van der Waals surface area contributed by atoms with E-state index in [9.17, 15) is 19.5 Å². The molecule has 5 atom stereocenters. The van der Waals surface area contributed by atoms with E-state index in [2.05, 4.69) is 5.32 Å². The van der Waals surface area contributed by atoms with Gasteiger partial charge in [-0.15, -0.1) is 0 Å². The molecule has 136 valence electrons. The first-order valence-corrected chi connectivity index (χ1v) is 7.03. The maximum Gasteiger partial charge on any atom is 0.237 e. The van der Waals surface area contributed by atoms with E-state index in [0.29, 0.717) is 19.0 Å². The van der Waals surface area contributed by atoms with E-state index in [-0.39, 0.29) is 13.0 Å². The molecule has 0 saturated heterocycles. The molecule has 0 aliphatic carbocycles. The second-order valence-corrected chi connectivity index (χ2v) is 4.86. The molecule has 0 aliphatic heterocycles. The van der Waals surface area contributed by atoms with Gasteiger partial charge in [0.2, 0.25) is 5.91 Å². The molecule has 0 bridgehead atoms. The molecule has 0 heterocycles. The first-order chi connectivity index (χ1) is 10.7. The molecule has 0 saturated carbocycles. The first-order valence-electron chi connectivity index (χ1n) is 7.03. The van der Waals surface area contributed by atoms with Crippen molar-refractivity contribution in [2.75, 3.05) is 13.2 Å². The number of rotatable bonds is 10. The number of hydrogen-bond acceptors (Lipinski definition) is 9. The fraction of sp³-hybridized carbons (Fsp3) is 0.769. The van der Waals surface area contributed by atoms with Crippen LogP contribution in [0.15, 0.2) is 0 Å². The Balaban J connectivity index is 0. The van der Waals surface area contributed by atoms with Crippen LogP contribution in [0.3, 0.4) is 0 Å². The van der Waals surface area contributed by atoms with Crippen LogP contribution in [0.25, 0.3) is 0 Å². The molecule has 0 fully saturated rings. The second kappa shape index (κ2) is 14.2. The summed E-state index contributed by atoms with van der Waals surface area (Å²) in [7, 11) is 0. The van der Waals surface area contributed by atoms with Gasteiger partial charge in [0.25, 0.3) is 0 Å². The summed E-state index contributed by atoms with van der Waals surface area (Å²) in [5.41, 5.74) is 10.5. The first kappa shape index (κ1) is 23.8. The Bertz CT molecular complexity index is 342. The molecule has 0 radical (unpaired) electrons. The molecule has 0 aromatic carbocycles. The lowest BCUT2D eigenvalue weighted by atomic mass is 10.1. The molecule has 9 N–H and O–H groups in total. The van der Waals surface area contributed by atoms with E-state index in [4.69, 9.17) is 26.8 Å². The van der Waals surface area contributed by atoms with Gasteiger partial charge < -0.3 is 46.8 Å². The maximum atomic E-state index is 11.1. The lowest BCUT2D eigenvalue weighted by molar-refractivity contribution is -0.125. The minimum atomic E-state index is -1.34. The van der Waals surface area contributed by atoms with Gasteiger partial charge in [-0.05, 0) is 13.3 Å². The van der Waals surface area contributed by atoms with Crippen LogP contribution >= 0.6 is 0 Å². The largest absolute Gasteiger partial charge is 0.396 e. The molecule has 10 nitrogen and oxygen atoms in total. The summed E-state index contributed by atoms with van der Waals surface area (Å²) in [4.78, 5) is 31.1. The molecular formula is C13H27N3O7. The number of amides is 1. The number of aliphatic hydroxyl groups excluding tert-OH is 4. The Morgan fingerprint density at radius 1 is 1.22 bits per heavy atom. The summed E-state index contributed by atoms with van der Waals surface area (Å²) >= 11 is 0. The Labute approximate surface area is 134 Å². The van der Waals surface area contributed by atoms with Crippen molar-refractivity contribution in [2.24, 2.45) is 11.5 Å². The second-order valence-electron chi connectivity index (χ2n) is 4.86. The van der Waals surface area contributed by atoms with E-state index in [0.717, 1.165) is 0 Å². The Morgan fingerprint density at radius 3 is 2.13 bits per heavy atom. The van der Waals surface area contributed by atoms with Crippen LogP contribution in [0.1, 0.15) is 19.8 Å². The summed E-state index contributed by atoms with van der Waals surface area (Å²) in [6.07, 6.45) is -0.599. The van der Waals surface area contributed by atoms with Crippen LogP contribution in [0, 0.1) is 0 Å². The van der Waals surface area contributed by atoms with Gasteiger partial charge in [0.1, 0.15) is 12.6 Å². The van der Waals surface area contributed by atoms with E-state index >= 15 is 0 Å². The van der Waals surface area contributed by atoms with E-state index < -0.39 is 42.8 Å². The number of carbonyl (C=O) groups is 3. The van der Waals surface area contributed by atoms with Gasteiger partial charge in [-0.25, -0.2) is 0 Å². The summed E-state index contributed by atoms with van der Waals surface area (Å²) in [6.45, 7) is 0.867. The Hall–Kier alpha value is -1.43. The minimum Gasteiger partial charge on any atom is -0.396 e. The van der Waals surface area contributed by atoms with Crippen LogP contribution in [0.4, 0.5) is 0 Å². The molecule has 0 aromatic heterocycles. The van der Waals surface area contributed by atoms with E-state index in [1.165, 1.54) is 6.92 Å². The van der Waals surface area contributed by atoms with Crippen molar-refractivity contribution in [1.82, 2.24) is 5.32 Å². The highest BCUT2D eigenvalue weighted by molar-refractivity contribution is 5.81. The van der Waals surface area contributed by atoms with Gasteiger partial charge in [-0.3, -0.25) is 4.79 Å². The summed E-state index contributed by atoms with van der Waals surface area (Å²) in [5.74, 6) is -0.536. The summed E-state index contributed by atoms with van der Waals surface area (Å²) in [5, 5.41) is 37.4. The molecule has 23 heavy (non-hydrogen) atoms. The van der Waals surface area contributed by atoms with Crippen molar-refractivity contribution in [2.45, 2.75) is 50.1 Å². The van der Waals surface area contributed by atoms with Crippen LogP contribution in [-0.4, -0.2) is 82.5 Å². The van der Waals surface area contributed by atoms with Crippen LogP contribution in [0.5, 0.6) is 0 Å². The van der Waals surface area contributed by atoms with Crippen LogP contribution < -0.4 is 16.8 Å². The van der Waals surface area contributed by atoms with E-state index in [1.54, 1.807) is 0 Å². The average molecular weight is 337 g/mol. The molecular weight excluding hydrogens is 310 g/mol. The molecule has 0 aromatic rings. The Kier molecular flexibility index (Phi) is 14.7. The average Bonchev–Trinajstić information content (AvgIpc) is 2.51. The third-order valence-corrected chi connectivity index (χ3v) is 2.73. The zero-order valence-corrected chi connectivity index (χ0v) is 13.0. The van der Waals surface area contributed by atoms with Crippen molar-refractivity contribution in [1.29, 1.82) is 0 Å². The van der Waals surface area contributed by atoms with Gasteiger partial charge in [0.15, 0.2) is 0 Å². The zero-order chi connectivity index (χ0) is 18.4. The highest BCUT2D eigenvalue weighted by atomic mass is 16.3. The molecule has 1 amide bonds. The normalized spacial score (nSPS) is 16.8. The van der Waals surface area contributed by atoms with Crippen LogP contribution in [-0.2, 0) is 14.4 Å². The van der Waals surface area contributed by atoms with Gasteiger partial charge >= 0.3 is 0 Å². The minimum absolute atomic E-state index is 0.0605. The fourth-order valence-corrected chi connectivity index (χ4v) is 1.28. The third-order valence-electron chi connectivity index (χ3n) is 2.73. The van der Waals surface area contributed by atoms with Crippen molar-refractivity contribution < 1.29 is 34.8 Å². The number of carbonyl (C=O) groups excluding carboxylic acids is 3. The van der Waals surface area contributed by atoms with Crippen LogP contribution in [0.2, 0.25) is 0 Å². The highest BCUT2D eigenvalue weighted by Gasteiger charge is 2.26. The topological polar surface area (TPSA) is 196 Å². The maximum absolute atomic E-state index is 11.1. The molecule has 0 spiro atoms. The van der Waals surface area contributed by atoms with Crippen molar-refractivity contribution in [3.8, 4) is 0 Å². The molecule has 10 heteroatoms.